The summed E-state index contributed by atoms with van der Waals surface area (Å²) in [4.78, 5) is 2.43. The summed E-state index contributed by atoms with van der Waals surface area (Å²) in [5, 5.41) is 0.246. The van der Waals surface area contributed by atoms with Crippen molar-refractivity contribution < 1.29 is 0 Å². The first kappa shape index (κ1) is 11.6. The normalized spacial score (nSPS) is 36.7. The molecule has 1 unspecified atom stereocenters. The van der Waals surface area contributed by atoms with Crippen LogP contribution in [0.1, 0.15) is 30.0 Å². The van der Waals surface area contributed by atoms with Gasteiger partial charge >= 0.3 is 0 Å². The molecule has 0 saturated carbocycles. The first-order valence-corrected chi connectivity index (χ1v) is 6.90. The molecule has 1 aromatic carbocycles. The van der Waals surface area contributed by atoms with Gasteiger partial charge in [0.2, 0.25) is 0 Å². The summed E-state index contributed by atoms with van der Waals surface area (Å²) in [5.41, 5.74) is 4.53. The lowest BCUT2D eigenvalue weighted by molar-refractivity contribution is 0.118. The third-order valence-electron chi connectivity index (χ3n) is 4.81. The molecule has 3 atom stereocenters. The average molecular weight is 250 g/mol. The van der Waals surface area contributed by atoms with Gasteiger partial charge in [-0.05, 0) is 44.5 Å². The summed E-state index contributed by atoms with van der Waals surface area (Å²) in [6.07, 6.45) is 2.28. The molecule has 0 amide bonds. The van der Waals surface area contributed by atoms with Crippen molar-refractivity contribution >= 4 is 11.6 Å². The molecule has 1 aliphatic heterocycles. The van der Waals surface area contributed by atoms with Gasteiger partial charge in [0.05, 0.1) is 5.38 Å². The molecule has 2 aliphatic rings. The van der Waals surface area contributed by atoms with E-state index in [1.807, 2.05) is 0 Å². The van der Waals surface area contributed by atoms with E-state index in [4.69, 9.17) is 11.6 Å². The number of fused-ring (bicyclic) bond motifs is 4. The number of aryl methyl sites for hydroxylation is 1. The lowest BCUT2D eigenvalue weighted by Gasteiger charge is -2.52. The quantitative estimate of drug-likeness (QED) is 0.639. The highest BCUT2D eigenvalue weighted by atomic mass is 35.5. The van der Waals surface area contributed by atoms with Gasteiger partial charge < -0.3 is 4.90 Å². The van der Waals surface area contributed by atoms with E-state index >= 15 is 0 Å². The Morgan fingerprint density at radius 3 is 2.94 bits per heavy atom. The molecule has 0 radical (unpaired) electrons. The molecule has 0 spiro atoms. The summed E-state index contributed by atoms with van der Waals surface area (Å²) in [7, 11) is 2.21. The molecular formula is C15H20ClN. The zero-order valence-corrected chi connectivity index (χ0v) is 11.6. The van der Waals surface area contributed by atoms with Crippen LogP contribution in [0.4, 0.5) is 0 Å². The Balaban J connectivity index is 2.16. The van der Waals surface area contributed by atoms with Crippen molar-refractivity contribution in [2.24, 2.45) is 0 Å². The summed E-state index contributed by atoms with van der Waals surface area (Å²) in [5.74, 6) is 0. The molecule has 0 aromatic heterocycles. The van der Waals surface area contributed by atoms with E-state index in [0.29, 0.717) is 6.04 Å². The standard InChI is InChI=1S/C15H20ClN/c1-10-4-5-11-9-13-14(16)15(2,12(11)8-10)6-7-17(13)3/h4-5,8,13-14H,6-7,9H2,1-3H3/t13-,14?,15+/m1/s1. The Labute approximate surface area is 109 Å². The monoisotopic (exact) mass is 249 g/mol. The molecule has 2 bridgehead atoms. The third-order valence-corrected chi connectivity index (χ3v) is 5.58. The van der Waals surface area contributed by atoms with Gasteiger partial charge in [-0.15, -0.1) is 11.6 Å². The van der Waals surface area contributed by atoms with Gasteiger partial charge in [-0.25, -0.2) is 0 Å². The molecule has 0 N–H and O–H groups in total. The van der Waals surface area contributed by atoms with Crippen LogP contribution in [0.5, 0.6) is 0 Å². The second kappa shape index (κ2) is 3.73. The van der Waals surface area contributed by atoms with Crippen LogP contribution >= 0.6 is 11.6 Å². The Hall–Kier alpha value is -0.530. The van der Waals surface area contributed by atoms with Crippen molar-refractivity contribution in [3.05, 3.63) is 34.9 Å². The molecule has 1 aliphatic carbocycles. The number of alkyl halides is 1. The minimum atomic E-state index is 0.165. The minimum Gasteiger partial charge on any atom is -0.302 e. The third kappa shape index (κ3) is 1.56. The molecule has 1 saturated heterocycles. The maximum Gasteiger partial charge on any atom is 0.0589 e. The molecule has 1 nitrogen and oxygen atoms in total. The summed E-state index contributed by atoms with van der Waals surface area (Å²) >= 11 is 6.76. The van der Waals surface area contributed by atoms with Gasteiger partial charge in [0, 0.05) is 11.5 Å². The highest BCUT2D eigenvalue weighted by molar-refractivity contribution is 6.22. The van der Waals surface area contributed by atoms with E-state index in [9.17, 15) is 0 Å². The van der Waals surface area contributed by atoms with Gasteiger partial charge in [0.25, 0.3) is 0 Å². The predicted octanol–water partition coefficient (Wildman–Crippen LogP) is 3.12. The lowest BCUT2D eigenvalue weighted by Crippen LogP contribution is -2.58. The number of likely N-dealkylation sites (tertiary alicyclic amines) is 1. The lowest BCUT2D eigenvalue weighted by atomic mass is 9.64. The summed E-state index contributed by atoms with van der Waals surface area (Å²) < 4.78 is 0. The van der Waals surface area contributed by atoms with Crippen molar-refractivity contribution in [2.75, 3.05) is 13.6 Å². The molecule has 1 heterocycles. The second-order valence-electron chi connectivity index (χ2n) is 5.98. The Kier molecular flexibility index (Phi) is 2.53. The largest absolute Gasteiger partial charge is 0.302 e. The van der Waals surface area contributed by atoms with E-state index in [2.05, 4.69) is 44.0 Å². The van der Waals surface area contributed by atoms with Crippen molar-refractivity contribution in [1.29, 1.82) is 0 Å². The molecule has 17 heavy (non-hydrogen) atoms. The van der Waals surface area contributed by atoms with E-state index in [0.717, 1.165) is 13.0 Å². The van der Waals surface area contributed by atoms with Crippen molar-refractivity contribution in [1.82, 2.24) is 4.90 Å². The number of nitrogens with zero attached hydrogens (tertiary/aromatic N) is 1. The summed E-state index contributed by atoms with van der Waals surface area (Å²) in [6, 6.07) is 7.39. The molecule has 1 fully saturated rings. The summed E-state index contributed by atoms with van der Waals surface area (Å²) in [6.45, 7) is 5.69. The van der Waals surface area contributed by atoms with Crippen LogP contribution in [-0.4, -0.2) is 29.9 Å². The van der Waals surface area contributed by atoms with Gasteiger partial charge in [0.1, 0.15) is 0 Å². The van der Waals surface area contributed by atoms with Gasteiger partial charge in [0.15, 0.2) is 0 Å². The van der Waals surface area contributed by atoms with Crippen LogP contribution in [-0.2, 0) is 11.8 Å². The minimum absolute atomic E-state index is 0.165. The molecule has 92 valence electrons. The van der Waals surface area contributed by atoms with E-state index in [1.54, 1.807) is 0 Å². The van der Waals surface area contributed by atoms with E-state index in [1.165, 1.54) is 23.1 Å². The average Bonchev–Trinajstić information content (AvgIpc) is 2.30. The zero-order valence-electron chi connectivity index (χ0n) is 10.8. The Morgan fingerprint density at radius 1 is 1.41 bits per heavy atom. The van der Waals surface area contributed by atoms with Crippen molar-refractivity contribution in [3.63, 3.8) is 0 Å². The molecular weight excluding hydrogens is 230 g/mol. The van der Waals surface area contributed by atoms with E-state index in [-0.39, 0.29) is 10.8 Å². The predicted molar refractivity (Wildman–Crippen MR) is 72.9 cm³/mol. The Bertz CT molecular complexity index is 456. The van der Waals surface area contributed by atoms with Crippen LogP contribution in [0, 0.1) is 6.92 Å². The van der Waals surface area contributed by atoms with Crippen molar-refractivity contribution in [3.8, 4) is 0 Å². The van der Waals surface area contributed by atoms with E-state index < -0.39 is 0 Å². The Morgan fingerprint density at radius 2 is 2.18 bits per heavy atom. The fourth-order valence-electron chi connectivity index (χ4n) is 3.53. The topological polar surface area (TPSA) is 3.24 Å². The number of halogens is 1. The number of hydrogen-bond donors (Lipinski definition) is 0. The first-order valence-electron chi connectivity index (χ1n) is 6.47. The number of benzene rings is 1. The SMILES string of the molecule is Cc1ccc2c(c1)[C@]1(C)CCN(C)[C@H](C2)C1Cl. The smallest absolute Gasteiger partial charge is 0.0589 e. The maximum absolute atomic E-state index is 6.76. The fraction of sp³-hybridized carbons (Fsp3) is 0.600. The second-order valence-corrected chi connectivity index (χ2v) is 6.45. The highest BCUT2D eigenvalue weighted by Gasteiger charge is 2.48. The maximum atomic E-state index is 6.76. The first-order chi connectivity index (χ1) is 8.02. The molecule has 2 heteroatoms. The van der Waals surface area contributed by atoms with Crippen LogP contribution < -0.4 is 0 Å². The van der Waals surface area contributed by atoms with Crippen molar-refractivity contribution in [2.45, 2.75) is 43.5 Å². The number of rotatable bonds is 0. The van der Waals surface area contributed by atoms with Gasteiger partial charge in [-0.1, -0.05) is 30.7 Å². The van der Waals surface area contributed by atoms with Crippen LogP contribution in [0.25, 0.3) is 0 Å². The number of hydrogen-bond acceptors (Lipinski definition) is 1. The molecule has 3 rings (SSSR count). The highest BCUT2D eigenvalue weighted by Crippen LogP contribution is 2.47. The van der Waals surface area contributed by atoms with Gasteiger partial charge in [-0.3, -0.25) is 0 Å². The number of piperidine rings is 1. The molecule has 1 aromatic rings. The zero-order chi connectivity index (χ0) is 12.2. The van der Waals surface area contributed by atoms with Crippen LogP contribution in [0.15, 0.2) is 18.2 Å². The van der Waals surface area contributed by atoms with Crippen LogP contribution in [0.2, 0.25) is 0 Å². The van der Waals surface area contributed by atoms with Crippen LogP contribution in [0.3, 0.4) is 0 Å². The van der Waals surface area contributed by atoms with Gasteiger partial charge in [-0.2, -0.15) is 0 Å². The fourth-order valence-corrected chi connectivity index (χ4v) is 4.04. The number of likely N-dealkylation sites (N-methyl/N-ethyl adjacent to an activating group) is 1.